The fourth-order valence-electron chi connectivity index (χ4n) is 1.72. The van der Waals surface area contributed by atoms with Gasteiger partial charge in [0.1, 0.15) is 5.75 Å². The van der Waals surface area contributed by atoms with Gasteiger partial charge in [0.2, 0.25) is 0 Å². The maximum absolute atomic E-state index is 12.0. The largest absolute Gasteiger partial charge is 0.507 e. The Kier molecular flexibility index (Phi) is 4.17. The number of allylic oxidation sites excluding steroid dienone is 1. The zero-order chi connectivity index (χ0) is 13.8. The molecule has 2 nitrogen and oxygen atoms in total. The van der Waals surface area contributed by atoms with Crippen LogP contribution in [0.1, 0.15) is 21.5 Å². The van der Waals surface area contributed by atoms with Crippen molar-refractivity contribution in [2.24, 2.45) is 0 Å². The third-order valence-corrected chi connectivity index (χ3v) is 3.19. The molecule has 0 aliphatic carbocycles. The number of benzene rings is 2. The maximum Gasteiger partial charge on any atom is 0.189 e. The van der Waals surface area contributed by atoms with Crippen LogP contribution in [0, 0.1) is 6.92 Å². The number of carbonyl (C=O) groups is 1. The summed E-state index contributed by atoms with van der Waals surface area (Å²) in [6.07, 6.45) is 3.20. The number of hydrogen-bond acceptors (Lipinski definition) is 2. The molecule has 0 aromatic heterocycles. The zero-order valence-electron chi connectivity index (χ0n) is 10.4. The van der Waals surface area contributed by atoms with Crippen LogP contribution in [0.2, 0.25) is 0 Å². The first kappa shape index (κ1) is 13.6. The van der Waals surface area contributed by atoms with Gasteiger partial charge in [0.25, 0.3) is 0 Å². The van der Waals surface area contributed by atoms with E-state index in [0.29, 0.717) is 5.56 Å². The Bertz CT molecular complexity index is 645. The van der Waals surface area contributed by atoms with Gasteiger partial charge in [-0.05, 0) is 42.8 Å². The summed E-state index contributed by atoms with van der Waals surface area (Å²) in [5.74, 6) is -0.198. The first-order valence-electron chi connectivity index (χ1n) is 5.84. The van der Waals surface area contributed by atoms with Gasteiger partial charge >= 0.3 is 0 Å². The van der Waals surface area contributed by atoms with E-state index >= 15 is 0 Å². The van der Waals surface area contributed by atoms with Gasteiger partial charge in [0.05, 0.1) is 5.56 Å². The van der Waals surface area contributed by atoms with E-state index in [-0.39, 0.29) is 11.5 Å². The Balaban J connectivity index is 2.23. The Labute approximate surface area is 120 Å². The second-order valence-corrected chi connectivity index (χ2v) is 5.19. The lowest BCUT2D eigenvalue weighted by Gasteiger charge is -2.01. The highest BCUT2D eigenvalue weighted by molar-refractivity contribution is 9.10. The minimum absolute atomic E-state index is 0.00879. The molecule has 0 heterocycles. The standard InChI is InChI=1S/C16H13BrO2/c1-11-5-7-15(18)14(9-11)16(19)8-6-12-3-2-4-13(17)10-12/h2-10,18H,1H3/b8-6+. The van der Waals surface area contributed by atoms with Crippen LogP contribution in [-0.4, -0.2) is 10.9 Å². The first-order chi connectivity index (χ1) is 9.06. The summed E-state index contributed by atoms with van der Waals surface area (Å²) in [6, 6.07) is 12.6. The van der Waals surface area contributed by atoms with Gasteiger partial charge in [0.15, 0.2) is 5.78 Å². The van der Waals surface area contributed by atoms with Gasteiger partial charge in [-0.2, -0.15) is 0 Å². The Morgan fingerprint density at radius 2 is 2.00 bits per heavy atom. The number of carbonyl (C=O) groups excluding carboxylic acids is 1. The number of aryl methyl sites for hydroxylation is 1. The van der Waals surface area contributed by atoms with Gasteiger partial charge in [-0.3, -0.25) is 4.79 Å². The number of halogens is 1. The molecule has 0 radical (unpaired) electrons. The number of phenolic OH excluding ortho intramolecular Hbond substituents is 1. The van der Waals surface area contributed by atoms with Crippen molar-refractivity contribution >= 4 is 27.8 Å². The molecule has 96 valence electrons. The summed E-state index contributed by atoms with van der Waals surface area (Å²) in [6.45, 7) is 1.88. The third-order valence-electron chi connectivity index (χ3n) is 2.69. The molecule has 0 aliphatic rings. The average Bonchev–Trinajstić information content (AvgIpc) is 2.39. The van der Waals surface area contributed by atoms with Crippen molar-refractivity contribution in [2.45, 2.75) is 6.92 Å². The minimum atomic E-state index is -0.207. The van der Waals surface area contributed by atoms with E-state index in [4.69, 9.17) is 0 Å². The van der Waals surface area contributed by atoms with Crippen LogP contribution < -0.4 is 0 Å². The second-order valence-electron chi connectivity index (χ2n) is 4.27. The molecule has 2 rings (SSSR count). The van der Waals surface area contributed by atoms with Crippen LogP contribution in [0.4, 0.5) is 0 Å². The second kappa shape index (κ2) is 5.85. The molecule has 19 heavy (non-hydrogen) atoms. The van der Waals surface area contributed by atoms with Crippen LogP contribution in [0.5, 0.6) is 5.75 Å². The molecule has 0 spiro atoms. The quantitative estimate of drug-likeness (QED) is 0.674. The van der Waals surface area contributed by atoms with Gasteiger partial charge in [-0.15, -0.1) is 0 Å². The highest BCUT2D eigenvalue weighted by Crippen LogP contribution is 2.20. The number of hydrogen-bond donors (Lipinski definition) is 1. The van der Waals surface area contributed by atoms with Crippen molar-refractivity contribution in [3.63, 3.8) is 0 Å². The minimum Gasteiger partial charge on any atom is -0.507 e. The van der Waals surface area contributed by atoms with E-state index < -0.39 is 0 Å². The molecule has 0 atom stereocenters. The van der Waals surface area contributed by atoms with Gasteiger partial charge < -0.3 is 5.11 Å². The molecule has 0 unspecified atom stereocenters. The maximum atomic E-state index is 12.0. The van der Waals surface area contributed by atoms with Crippen molar-refractivity contribution in [1.29, 1.82) is 0 Å². The highest BCUT2D eigenvalue weighted by atomic mass is 79.9. The van der Waals surface area contributed by atoms with Gasteiger partial charge in [-0.25, -0.2) is 0 Å². The summed E-state index contributed by atoms with van der Waals surface area (Å²) in [5.41, 5.74) is 2.19. The predicted molar refractivity (Wildman–Crippen MR) is 80.4 cm³/mol. The molecule has 0 fully saturated rings. The SMILES string of the molecule is Cc1ccc(O)c(C(=O)/C=C/c2cccc(Br)c2)c1. The molecule has 1 N–H and O–H groups in total. The summed E-state index contributed by atoms with van der Waals surface area (Å²) < 4.78 is 0.959. The lowest BCUT2D eigenvalue weighted by atomic mass is 10.1. The first-order valence-corrected chi connectivity index (χ1v) is 6.63. The van der Waals surface area contributed by atoms with E-state index in [1.165, 1.54) is 12.1 Å². The molecule has 0 saturated heterocycles. The van der Waals surface area contributed by atoms with E-state index in [9.17, 15) is 9.90 Å². The normalized spacial score (nSPS) is 10.8. The van der Waals surface area contributed by atoms with Gasteiger partial charge in [0, 0.05) is 4.47 Å². The molecular weight excluding hydrogens is 304 g/mol. The average molecular weight is 317 g/mol. The molecule has 0 amide bonds. The molecular formula is C16H13BrO2. The van der Waals surface area contributed by atoms with Gasteiger partial charge in [-0.1, -0.05) is 45.8 Å². The van der Waals surface area contributed by atoms with E-state index in [1.807, 2.05) is 31.2 Å². The lowest BCUT2D eigenvalue weighted by molar-refractivity contribution is 0.104. The van der Waals surface area contributed by atoms with Crippen molar-refractivity contribution in [1.82, 2.24) is 0 Å². The summed E-state index contributed by atoms with van der Waals surface area (Å²) in [7, 11) is 0. The Morgan fingerprint density at radius 3 is 2.74 bits per heavy atom. The van der Waals surface area contributed by atoms with Crippen LogP contribution in [-0.2, 0) is 0 Å². The molecule has 2 aromatic carbocycles. The number of ketones is 1. The monoisotopic (exact) mass is 316 g/mol. The summed E-state index contributed by atoms with van der Waals surface area (Å²) >= 11 is 3.38. The van der Waals surface area contributed by atoms with Crippen LogP contribution in [0.3, 0.4) is 0 Å². The Morgan fingerprint density at radius 1 is 1.21 bits per heavy atom. The third kappa shape index (κ3) is 3.55. The van der Waals surface area contributed by atoms with Crippen LogP contribution in [0.25, 0.3) is 6.08 Å². The zero-order valence-corrected chi connectivity index (χ0v) is 12.0. The lowest BCUT2D eigenvalue weighted by Crippen LogP contribution is -1.95. The predicted octanol–water partition coefficient (Wildman–Crippen LogP) is 4.36. The van der Waals surface area contributed by atoms with E-state index in [0.717, 1.165) is 15.6 Å². The summed E-state index contributed by atoms with van der Waals surface area (Å²) in [4.78, 5) is 12.0. The van der Waals surface area contributed by atoms with E-state index in [2.05, 4.69) is 15.9 Å². The smallest absolute Gasteiger partial charge is 0.189 e. The van der Waals surface area contributed by atoms with Crippen LogP contribution >= 0.6 is 15.9 Å². The van der Waals surface area contributed by atoms with Crippen LogP contribution in [0.15, 0.2) is 53.0 Å². The summed E-state index contributed by atoms with van der Waals surface area (Å²) in [5, 5.41) is 9.68. The number of rotatable bonds is 3. The Hall–Kier alpha value is -1.87. The van der Waals surface area contributed by atoms with Crippen molar-refractivity contribution in [2.75, 3.05) is 0 Å². The van der Waals surface area contributed by atoms with Crippen molar-refractivity contribution < 1.29 is 9.90 Å². The molecule has 0 aliphatic heterocycles. The highest BCUT2D eigenvalue weighted by Gasteiger charge is 2.07. The van der Waals surface area contributed by atoms with E-state index in [1.54, 1.807) is 18.2 Å². The topological polar surface area (TPSA) is 37.3 Å². The number of aromatic hydroxyl groups is 1. The van der Waals surface area contributed by atoms with Crippen molar-refractivity contribution in [3.8, 4) is 5.75 Å². The molecule has 2 aromatic rings. The number of phenols is 1. The fraction of sp³-hybridized carbons (Fsp3) is 0.0625. The molecule has 0 saturated carbocycles. The molecule has 3 heteroatoms. The molecule has 0 bridgehead atoms. The fourth-order valence-corrected chi connectivity index (χ4v) is 2.14. The van der Waals surface area contributed by atoms with Crippen molar-refractivity contribution in [3.05, 3.63) is 69.7 Å².